The van der Waals surface area contributed by atoms with Crippen molar-refractivity contribution in [2.24, 2.45) is 5.92 Å². The van der Waals surface area contributed by atoms with Gasteiger partial charge in [-0.3, -0.25) is 9.59 Å². The Labute approximate surface area is 207 Å². The SMILES string of the molecule is CN/C(C)=C\C(C)=C(/C=O)CNC(=O)c1cc(Cl)c2c(c1C)OC(C1CCC(NC)CC1)CO2. The predicted octanol–water partition coefficient (Wildman–Crippen LogP) is 3.93. The van der Waals surface area contributed by atoms with Gasteiger partial charge in [0.25, 0.3) is 5.91 Å². The first-order valence-electron chi connectivity index (χ1n) is 11.9. The molecule has 1 saturated carbocycles. The number of hydrogen-bond acceptors (Lipinski definition) is 6. The molecule has 186 valence electrons. The number of benzene rings is 1. The molecular formula is C26H36ClN3O4. The van der Waals surface area contributed by atoms with Crippen LogP contribution in [-0.4, -0.2) is 51.6 Å². The highest BCUT2D eigenvalue weighted by Crippen LogP contribution is 2.44. The summed E-state index contributed by atoms with van der Waals surface area (Å²) < 4.78 is 12.4. The summed E-state index contributed by atoms with van der Waals surface area (Å²) in [6, 6.07) is 2.17. The highest BCUT2D eigenvalue weighted by molar-refractivity contribution is 6.32. The fraction of sp³-hybridized carbons (Fsp3) is 0.538. The van der Waals surface area contributed by atoms with Crippen molar-refractivity contribution < 1.29 is 19.1 Å². The molecule has 0 spiro atoms. The van der Waals surface area contributed by atoms with Gasteiger partial charge in [-0.1, -0.05) is 11.6 Å². The quantitative estimate of drug-likeness (QED) is 0.291. The molecule has 1 fully saturated rings. The van der Waals surface area contributed by atoms with E-state index in [2.05, 4.69) is 16.0 Å². The fourth-order valence-corrected chi connectivity index (χ4v) is 4.86. The van der Waals surface area contributed by atoms with E-state index in [0.29, 0.717) is 51.8 Å². The van der Waals surface area contributed by atoms with E-state index in [9.17, 15) is 9.59 Å². The first-order valence-corrected chi connectivity index (χ1v) is 12.3. The van der Waals surface area contributed by atoms with Gasteiger partial charge in [-0.25, -0.2) is 0 Å². The van der Waals surface area contributed by atoms with Gasteiger partial charge in [0.05, 0.1) is 5.02 Å². The number of amides is 1. The van der Waals surface area contributed by atoms with Crippen molar-refractivity contribution in [2.45, 2.75) is 58.6 Å². The fourth-order valence-electron chi connectivity index (χ4n) is 4.61. The van der Waals surface area contributed by atoms with Gasteiger partial charge in [0.2, 0.25) is 0 Å². The van der Waals surface area contributed by atoms with Gasteiger partial charge >= 0.3 is 0 Å². The third-order valence-corrected chi connectivity index (χ3v) is 7.25. The average Bonchev–Trinajstić information content (AvgIpc) is 2.86. The molecule has 1 unspecified atom stereocenters. The molecule has 8 heteroatoms. The number of nitrogens with one attached hydrogen (secondary N) is 3. The maximum Gasteiger partial charge on any atom is 0.252 e. The lowest BCUT2D eigenvalue weighted by Gasteiger charge is -2.37. The van der Waals surface area contributed by atoms with Crippen molar-refractivity contribution in [3.8, 4) is 11.5 Å². The third kappa shape index (κ3) is 5.94. The van der Waals surface area contributed by atoms with Gasteiger partial charge < -0.3 is 25.4 Å². The van der Waals surface area contributed by atoms with Crippen LogP contribution in [0.2, 0.25) is 5.02 Å². The summed E-state index contributed by atoms with van der Waals surface area (Å²) in [5, 5.41) is 9.57. The molecule has 1 aliphatic heterocycles. The van der Waals surface area contributed by atoms with Crippen molar-refractivity contribution >= 4 is 23.8 Å². The van der Waals surface area contributed by atoms with Gasteiger partial charge in [0.1, 0.15) is 19.0 Å². The van der Waals surface area contributed by atoms with E-state index < -0.39 is 0 Å². The molecule has 1 aliphatic carbocycles. The molecule has 1 aromatic carbocycles. The Hall–Kier alpha value is -2.51. The molecular weight excluding hydrogens is 454 g/mol. The van der Waals surface area contributed by atoms with Crippen molar-refractivity contribution in [1.82, 2.24) is 16.0 Å². The normalized spacial score (nSPS) is 23.1. The summed E-state index contributed by atoms with van der Waals surface area (Å²) in [6.45, 7) is 6.16. The number of halogens is 1. The van der Waals surface area contributed by atoms with Crippen molar-refractivity contribution in [3.05, 3.63) is 45.1 Å². The van der Waals surface area contributed by atoms with Crippen LogP contribution in [0.25, 0.3) is 0 Å². The van der Waals surface area contributed by atoms with Crippen molar-refractivity contribution in [1.29, 1.82) is 0 Å². The molecule has 34 heavy (non-hydrogen) atoms. The molecule has 3 N–H and O–H groups in total. The van der Waals surface area contributed by atoms with Crippen LogP contribution < -0.4 is 25.4 Å². The summed E-state index contributed by atoms with van der Waals surface area (Å²) in [7, 11) is 3.82. The van der Waals surface area contributed by atoms with Crippen LogP contribution in [-0.2, 0) is 4.79 Å². The number of aldehydes is 1. The molecule has 3 rings (SSSR count). The second-order valence-electron chi connectivity index (χ2n) is 9.14. The van der Waals surface area contributed by atoms with Crippen LogP contribution in [0.1, 0.15) is 55.5 Å². The number of carbonyl (C=O) groups excluding carboxylic acids is 2. The molecule has 1 amide bonds. The first kappa shape index (κ1) is 26.1. The van der Waals surface area contributed by atoms with Crippen molar-refractivity contribution in [3.63, 3.8) is 0 Å². The lowest BCUT2D eigenvalue weighted by molar-refractivity contribution is -0.105. The van der Waals surface area contributed by atoms with Gasteiger partial charge in [-0.05, 0) is 77.1 Å². The maximum atomic E-state index is 13.0. The summed E-state index contributed by atoms with van der Waals surface area (Å²) in [5.41, 5.74) is 3.31. The number of allylic oxidation sites excluding steroid dienone is 3. The molecule has 0 saturated heterocycles. The second kappa shape index (κ2) is 11.8. The van der Waals surface area contributed by atoms with E-state index in [1.165, 1.54) is 0 Å². The average molecular weight is 490 g/mol. The molecule has 0 radical (unpaired) electrons. The number of carbonyl (C=O) groups is 2. The zero-order valence-corrected chi connectivity index (χ0v) is 21.5. The lowest BCUT2D eigenvalue weighted by Crippen LogP contribution is -2.41. The zero-order valence-electron chi connectivity index (χ0n) is 20.7. The highest BCUT2D eigenvalue weighted by Gasteiger charge is 2.34. The van der Waals surface area contributed by atoms with Gasteiger partial charge in [0.15, 0.2) is 11.5 Å². The maximum absolute atomic E-state index is 13.0. The molecule has 1 heterocycles. The Kier molecular flexibility index (Phi) is 9.03. The molecule has 1 aromatic rings. The van der Waals surface area contributed by atoms with Crippen LogP contribution in [0.5, 0.6) is 11.5 Å². The number of rotatable bonds is 8. The van der Waals surface area contributed by atoms with Gasteiger partial charge in [0, 0.05) is 42.0 Å². The minimum Gasteiger partial charge on any atom is -0.484 e. The smallest absolute Gasteiger partial charge is 0.252 e. The molecule has 2 aliphatic rings. The number of ether oxygens (including phenoxy) is 2. The van der Waals surface area contributed by atoms with E-state index in [1.54, 1.807) is 6.07 Å². The monoisotopic (exact) mass is 489 g/mol. The van der Waals surface area contributed by atoms with Crippen LogP contribution >= 0.6 is 11.6 Å². The number of hydrogen-bond donors (Lipinski definition) is 3. The van der Waals surface area contributed by atoms with Crippen LogP contribution in [0.4, 0.5) is 0 Å². The predicted molar refractivity (Wildman–Crippen MR) is 135 cm³/mol. The summed E-state index contributed by atoms with van der Waals surface area (Å²) >= 11 is 6.48. The molecule has 1 atom stereocenters. The Morgan fingerprint density at radius 1 is 1.18 bits per heavy atom. The second-order valence-corrected chi connectivity index (χ2v) is 9.55. The number of fused-ring (bicyclic) bond motifs is 1. The molecule has 0 aromatic heterocycles. The standard InChI is InChI=1S/C26H36ClN3O4/c1-15(10-16(2)28-4)19(13-31)12-30-26(32)21-11-22(27)25-24(17(21)3)34-23(14-33-25)18-6-8-20(29-5)9-7-18/h10-11,13,18,20,23,28-29H,6-9,12,14H2,1-5H3,(H,30,32)/b16-10-,19-15-. The van der Waals surface area contributed by atoms with E-state index in [4.69, 9.17) is 21.1 Å². The zero-order chi connectivity index (χ0) is 24.8. The summed E-state index contributed by atoms with van der Waals surface area (Å²) in [4.78, 5) is 24.6. The molecule has 7 nitrogen and oxygen atoms in total. The molecule has 0 bridgehead atoms. The van der Waals surface area contributed by atoms with Crippen molar-refractivity contribution in [2.75, 3.05) is 27.2 Å². The minimum absolute atomic E-state index is 0.0622. The Bertz CT molecular complexity index is 981. The van der Waals surface area contributed by atoms with Gasteiger partial charge in [-0.15, -0.1) is 0 Å². The van der Waals surface area contributed by atoms with Crippen LogP contribution in [0, 0.1) is 12.8 Å². The van der Waals surface area contributed by atoms with E-state index in [1.807, 2.05) is 40.9 Å². The van der Waals surface area contributed by atoms with E-state index in [-0.39, 0.29) is 18.6 Å². The summed E-state index contributed by atoms with van der Waals surface area (Å²) in [6.07, 6.45) is 6.95. The first-order chi connectivity index (χ1) is 16.3. The Morgan fingerprint density at radius 3 is 2.50 bits per heavy atom. The third-order valence-electron chi connectivity index (χ3n) is 6.97. The van der Waals surface area contributed by atoms with Gasteiger partial charge in [-0.2, -0.15) is 0 Å². The Morgan fingerprint density at radius 2 is 1.88 bits per heavy atom. The van der Waals surface area contributed by atoms with E-state index >= 15 is 0 Å². The largest absolute Gasteiger partial charge is 0.484 e. The Balaban J connectivity index is 1.76. The topological polar surface area (TPSA) is 88.7 Å². The highest BCUT2D eigenvalue weighted by atomic mass is 35.5. The minimum atomic E-state index is -0.316. The lowest BCUT2D eigenvalue weighted by atomic mass is 9.82. The van der Waals surface area contributed by atoms with Crippen LogP contribution in [0.15, 0.2) is 29.0 Å². The van der Waals surface area contributed by atoms with E-state index in [0.717, 1.165) is 43.2 Å². The summed E-state index contributed by atoms with van der Waals surface area (Å²) in [5.74, 6) is 1.13. The van der Waals surface area contributed by atoms with Crippen LogP contribution in [0.3, 0.4) is 0 Å².